The van der Waals surface area contributed by atoms with E-state index in [0.29, 0.717) is 28.3 Å². The van der Waals surface area contributed by atoms with Crippen molar-refractivity contribution < 1.29 is 28.7 Å². The standard InChI is InChI=1S/C38H35ClFN3O5/c39-23-11-9-22(10-12-23)38-31(35(46)43(37(38)48)41-25-15-13-24(40)14-16-25)20-30-28(33(38)21-5-4-8-27(44)19-21)17-18-29-32(30)36(47)42(34(29)45)26-6-2-1-3-7-26/h4-5,8-17,19,26,29-33,41,44H,1-3,6-7,18,20H2. The van der Waals surface area contributed by atoms with Gasteiger partial charge in [0.15, 0.2) is 0 Å². The van der Waals surface area contributed by atoms with Gasteiger partial charge in [-0.2, -0.15) is 5.01 Å². The number of imide groups is 2. The zero-order valence-electron chi connectivity index (χ0n) is 26.1. The van der Waals surface area contributed by atoms with Crippen molar-refractivity contribution in [3.05, 3.63) is 106 Å². The number of hydrogen-bond donors (Lipinski definition) is 2. The number of aromatic hydroxyl groups is 1. The molecule has 5 aliphatic rings. The molecular formula is C38H35ClFN3O5. The summed E-state index contributed by atoms with van der Waals surface area (Å²) in [6, 6.07) is 18.9. The number of hydrazine groups is 1. The van der Waals surface area contributed by atoms with E-state index in [1.54, 1.807) is 42.5 Å². The number of amides is 4. The van der Waals surface area contributed by atoms with Gasteiger partial charge in [0.25, 0.3) is 11.8 Å². The van der Waals surface area contributed by atoms with Crippen LogP contribution in [-0.4, -0.2) is 44.7 Å². The lowest BCUT2D eigenvalue weighted by atomic mass is 9.49. The molecule has 246 valence electrons. The van der Waals surface area contributed by atoms with Crippen LogP contribution in [0.5, 0.6) is 5.75 Å². The second-order valence-electron chi connectivity index (χ2n) is 13.8. The molecule has 3 aliphatic carbocycles. The molecule has 6 atom stereocenters. The van der Waals surface area contributed by atoms with Gasteiger partial charge in [-0.3, -0.25) is 29.5 Å². The number of halogens is 2. The number of benzene rings is 3. The minimum absolute atomic E-state index is 0.000348. The monoisotopic (exact) mass is 667 g/mol. The summed E-state index contributed by atoms with van der Waals surface area (Å²) < 4.78 is 13.8. The molecule has 0 radical (unpaired) electrons. The van der Waals surface area contributed by atoms with Crippen molar-refractivity contribution in [2.75, 3.05) is 5.43 Å². The van der Waals surface area contributed by atoms with Gasteiger partial charge in [0.05, 0.1) is 28.9 Å². The molecule has 2 saturated carbocycles. The van der Waals surface area contributed by atoms with Crippen molar-refractivity contribution in [2.24, 2.45) is 23.7 Å². The summed E-state index contributed by atoms with van der Waals surface area (Å²) in [5.74, 6) is -5.09. The number of hydrogen-bond acceptors (Lipinski definition) is 6. The Morgan fingerprint density at radius 3 is 2.29 bits per heavy atom. The maximum atomic E-state index is 15.1. The molecule has 0 bridgehead atoms. The van der Waals surface area contributed by atoms with Crippen molar-refractivity contribution in [1.82, 2.24) is 9.91 Å². The Kier molecular flexibility index (Phi) is 7.43. The quantitative estimate of drug-likeness (QED) is 0.238. The Bertz CT molecular complexity index is 1860. The summed E-state index contributed by atoms with van der Waals surface area (Å²) >= 11 is 6.33. The first-order valence-corrected chi connectivity index (χ1v) is 17.1. The van der Waals surface area contributed by atoms with Gasteiger partial charge < -0.3 is 5.11 Å². The van der Waals surface area contributed by atoms with Crippen LogP contribution < -0.4 is 5.43 Å². The molecule has 3 aromatic rings. The van der Waals surface area contributed by atoms with Crippen molar-refractivity contribution in [3.63, 3.8) is 0 Å². The predicted molar refractivity (Wildman–Crippen MR) is 176 cm³/mol. The van der Waals surface area contributed by atoms with Crippen LogP contribution >= 0.6 is 11.6 Å². The SMILES string of the molecule is O=C1C2CC3C(=CCC4C(=O)N(C5CCCCC5)C(=O)C43)C(c3cccc(O)c3)C2(c2ccc(Cl)cc2)C(=O)N1Nc1ccc(F)cc1. The van der Waals surface area contributed by atoms with E-state index in [1.807, 2.05) is 12.1 Å². The number of nitrogens with one attached hydrogen (secondary N) is 1. The van der Waals surface area contributed by atoms with Crippen molar-refractivity contribution >= 4 is 40.9 Å². The van der Waals surface area contributed by atoms with E-state index in [0.717, 1.165) is 42.7 Å². The Hall–Kier alpha value is -4.50. The van der Waals surface area contributed by atoms with Gasteiger partial charge in [-0.05, 0) is 91.3 Å². The van der Waals surface area contributed by atoms with Crippen LogP contribution in [-0.2, 0) is 24.6 Å². The molecule has 8 nitrogen and oxygen atoms in total. The molecule has 4 amide bonds. The molecule has 10 heteroatoms. The molecule has 0 spiro atoms. The molecule has 8 rings (SSSR count). The molecular weight excluding hydrogens is 633 g/mol. The highest BCUT2D eigenvalue weighted by Gasteiger charge is 2.70. The first kappa shape index (κ1) is 30.8. The average molecular weight is 668 g/mol. The summed E-state index contributed by atoms with van der Waals surface area (Å²) in [6.07, 6.45) is 7.17. The van der Waals surface area contributed by atoms with E-state index in [4.69, 9.17) is 11.6 Å². The van der Waals surface area contributed by atoms with Crippen LogP contribution in [0.2, 0.25) is 5.02 Å². The fourth-order valence-electron chi connectivity index (χ4n) is 9.46. The largest absolute Gasteiger partial charge is 0.508 e. The van der Waals surface area contributed by atoms with Crippen molar-refractivity contribution in [2.45, 2.75) is 62.3 Å². The van der Waals surface area contributed by atoms with Crippen LogP contribution in [0.15, 0.2) is 84.4 Å². The molecule has 0 aromatic heterocycles. The van der Waals surface area contributed by atoms with E-state index in [-0.39, 0.29) is 30.0 Å². The van der Waals surface area contributed by atoms with Crippen LogP contribution in [0.1, 0.15) is 62.0 Å². The zero-order chi connectivity index (χ0) is 33.3. The number of rotatable bonds is 5. The summed E-state index contributed by atoms with van der Waals surface area (Å²) in [7, 11) is 0. The lowest BCUT2D eigenvalue weighted by Gasteiger charge is -2.50. The molecule has 6 unspecified atom stereocenters. The highest BCUT2D eigenvalue weighted by atomic mass is 35.5. The number of likely N-dealkylation sites (tertiary alicyclic amines) is 1. The zero-order valence-corrected chi connectivity index (χ0v) is 26.9. The van der Waals surface area contributed by atoms with Gasteiger partial charge in [0, 0.05) is 17.0 Å². The summed E-state index contributed by atoms with van der Waals surface area (Å²) in [5.41, 5.74) is 3.84. The number of carbonyl (C=O) groups is 4. The van der Waals surface area contributed by atoms with Crippen molar-refractivity contribution in [3.8, 4) is 5.75 Å². The maximum Gasteiger partial charge on any atom is 0.260 e. The van der Waals surface area contributed by atoms with E-state index in [2.05, 4.69) is 5.43 Å². The molecule has 2 N–H and O–H groups in total. The molecule has 2 aliphatic heterocycles. The summed E-state index contributed by atoms with van der Waals surface area (Å²) in [6.45, 7) is 0. The second kappa shape index (κ2) is 11.6. The van der Waals surface area contributed by atoms with Gasteiger partial charge in [-0.25, -0.2) is 4.39 Å². The second-order valence-corrected chi connectivity index (χ2v) is 14.2. The van der Waals surface area contributed by atoms with Crippen molar-refractivity contribution in [1.29, 1.82) is 0 Å². The van der Waals surface area contributed by atoms with Gasteiger partial charge in [-0.1, -0.05) is 66.8 Å². The molecule has 4 fully saturated rings. The number of fused-ring (bicyclic) bond motifs is 4. The Morgan fingerprint density at radius 2 is 1.58 bits per heavy atom. The summed E-state index contributed by atoms with van der Waals surface area (Å²) in [5, 5.41) is 12.2. The molecule has 2 heterocycles. The highest BCUT2D eigenvalue weighted by molar-refractivity contribution is 6.30. The van der Waals surface area contributed by atoms with Crippen LogP contribution in [0, 0.1) is 29.5 Å². The van der Waals surface area contributed by atoms with Crippen LogP contribution in [0.3, 0.4) is 0 Å². The Labute approximate surface area is 282 Å². The highest BCUT2D eigenvalue weighted by Crippen LogP contribution is 2.64. The Balaban J connectivity index is 1.30. The number of nitrogens with zero attached hydrogens (tertiary/aromatic N) is 2. The molecule has 3 aromatic carbocycles. The van der Waals surface area contributed by atoms with Crippen LogP contribution in [0.4, 0.5) is 10.1 Å². The lowest BCUT2D eigenvalue weighted by molar-refractivity contribution is -0.144. The normalized spacial score (nSPS) is 30.2. The van der Waals surface area contributed by atoms with E-state index >= 15 is 4.79 Å². The summed E-state index contributed by atoms with van der Waals surface area (Å²) in [4.78, 5) is 59.6. The number of phenolic OH excluding ortho intramolecular Hbond substituents is 1. The Morgan fingerprint density at radius 1 is 0.854 bits per heavy atom. The third-order valence-electron chi connectivity index (χ3n) is 11.4. The minimum atomic E-state index is -1.48. The number of phenols is 1. The molecule has 2 saturated heterocycles. The average Bonchev–Trinajstić information content (AvgIpc) is 3.47. The fraction of sp³-hybridized carbons (Fsp3) is 0.368. The van der Waals surface area contributed by atoms with E-state index < -0.39 is 52.6 Å². The van der Waals surface area contributed by atoms with Gasteiger partial charge in [0.1, 0.15) is 11.6 Å². The minimum Gasteiger partial charge on any atom is -0.508 e. The number of anilines is 1. The first-order chi connectivity index (χ1) is 23.2. The third kappa shape index (κ3) is 4.54. The fourth-order valence-corrected chi connectivity index (χ4v) is 9.58. The van der Waals surface area contributed by atoms with E-state index in [9.17, 15) is 23.9 Å². The maximum absolute atomic E-state index is 15.1. The lowest BCUT2D eigenvalue weighted by Crippen LogP contribution is -2.53. The number of carbonyl (C=O) groups excluding carboxylic acids is 4. The van der Waals surface area contributed by atoms with Gasteiger partial charge in [-0.15, -0.1) is 0 Å². The van der Waals surface area contributed by atoms with Crippen LogP contribution in [0.25, 0.3) is 0 Å². The topological polar surface area (TPSA) is 107 Å². The van der Waals surface area contributed by atoms with Gasteiger partial charge in [0.2, 0.25) is 11.8 Å². The predicted octanol–water partition coefficient (Wildman–Crippen LogP) is 6.50. The third-order valence-corrected chi connectivity index (χ3v) is 11.7. The van der Waals surface area contributed by atoms with E-state index in [1.165, 1.54) is 29.2 Å². The van der Waals surface area contributed by atoms with Gasteiger partial charge >= 0.3 is 0 Å². The smallest absolute Gasteiger partial charge is 0.260 e. The first-order valence-electron chi connectivity index (χ1n) is 16.7. The molecule has 48 heavy (non-hydrogen) atoms. The number of allylic oxidation sites excluding steroid dienone is 2.